The van der Waals surface area contributed by atoms with Crippen molar-refractivity contribution in [1.29, 1.82) is 0 Å². The van der Waals surface area contributed by atoms with Gasteiger partial charge in [-0.05, 0) is 12.6 Å². The lowest BCUT2D eigenvalue weighted by atomic mass is 10.4. The lowest BCUT2D eigenvalue weighted by Crippen LogP contribution is -1.97. The summed E-state index contributed by atoms with van der Waals surface area (Å²) in [7, 11) is 2.70. The van der Waals surface area contributed by atoms with Gasteiger partial charge in [0.05, 0.1) is 0 Å². The molecule has 0 saturated heterocycles. The second-order valence-corrected chi connectivity index (χ2v) is 3.87. The van der Waals surface area contributed by atoms with Gasteiger partial charge in [0, 0.05) is 10.2 Å². The summed E-state index contributed by atoms with van der Waals surface area (Å²) >= 11 is 6.84. The number of halogens is 2. The first-order chi connectivity index (χ1) is 3.31. The molecule has 0 aliphatic rings. The first kappa shape index (κ1) is 8.39. The zero-order chi connectivity index (χ0) is 5.70. The lowest BCUT2D eigenvalue weighted by Gasteiger charge is -1.99. The van der Waals surface area contributed by atoms with Gasteiger partial charge >= 0.3 is 0 Å². The molecule has 0 fully saturated rings. The molecule has 0 rings (SSSR count). The Morgan fingerprint density at radius 3 is 2.29 bits per heavy atom. The van der Waals surface area contributed by atoms with Crippen LogP contribution in [0.4, 0.5) is 0 Å². The van der Waals surface area contributed by atoms with Crippen molar-refractivity contribution in [3.63, 3.8) is 0 Å². The molecule has 0 aromatic heterocycles. The van der Waals surface area contributed by atoms with Crippen LogP contribution in [0.2, 0.25) is 0 Å². The van der Waals surface area contributed by atoms with Gasteiger partial charge < -0.3 is 0 Å². The van der Waals surface area contributed by atoms with Gasteiger partial charge in [0.2, 0.25) is 0 Å². The highest BCUT2D eigenvalue weighted by atomic mass is 79.9. The molecule has 0 radical (unpaired) electrons. The minimum absolute atomic E-state index is 0.678. The Balaban J connectivity index is 2.83. The molecule has 44 valence electrons. The van der Waals surface area contributed by atoms with E-state index in [0.29, 0.717) is 4.83 Å². The minimum atomic E-state index is 0.678. The third-order valence-corrected chi connectivity index (χ3v) is 3.23. The van der Waals surface area contributed by atoms with Crippen LogP contribution in [-0.4, -0.2) is 16.3 Å². The van der Waals surface area contributed by atoms with Crippen molar-refractivity contribution in [1.82, 2.24) is 0 Å². The molecule has 7 heavy (non-hydrogen) atoms. The second-order valence-electron chi connectivity index (χ2n) is 1.31. The summed E-state index contributed by atoms with van der Waals surface area (Å²) in [5.41, 5.74) is 0. The Morgan fingerprint density at radius 2 is 2.14 bits per heavy atom. The van der Waals surface area contributed by atoms with Crippen LogP contribution in [0.15, 0.2) is 0 Å². The Morgan fingerprint density at radius 1 is 1.57 bits per heavy atom. The number of hydrogen-bond donors (Lipinski definition) is 0. The molecular formula is C4H9Br2P. The van der Waals surface area contributed by atoms with E-state index in [0.717, 1.165) is 11.5 Å². The third kappa shape index (κ3) is 5.26. The summed E-state index contributed by atoms with van der Waals surface area (Å²) in [5.74, 6) is 0. The van der Waals surface area contributed by atoms with Gasteiger partial charge in [-0.3, -0.25) is 0 Å². The van der Waals surface area contributed by atoms with Crippen LogP contribution in [0.1, 0.15) is 6.42 Å². The topological polar surface area (TPSA) is 0 Å². The van der Waals surface area contributed by atoms with E-state index >= 15 is 0 Å². The summed E-state index contributed by atoms with van der Waals surface area (Å²) in [6.07, 6.45) is 2.36. The summed E-state index contributed by atoms with van der Waals surface area (Å²) < 4.78 is 0. The minimum Gasteiger partial charge on any atom is -0.137 e. The molecule has 0 aromatic rings. The normalized spacial score (nSPS) is 14.1. The second kappa shape index (κ2) is 5.53. The van der Waals surface area contributed by atoms with Crippen molar-refractivity contribution < 1.29 is 0 Å². The van der Waals surface area contributed by atoms with Gasteiger partial charge in [-0.2, -0.15) is 0 Å². The van der Waals surface area contributed by atoms with Gasteiger partial charge in [0.15, 0.2) is 0 Å². The fourth-order valence-electron chi connectivity index (χ4n) is 0.236. The van der Waals surface area contributed by atoms with Crippen molar-refractivity contribution in [2.24, 2.45) is 0 Å². The van der Waals surface area contributed by atoms with Gasteiger partial charge in [-0.15, -0.1) is 9.24 Å². The molecule has 0 bridgehead atoms. The van der Waals surface area contributed by atoms with Gasteiger partial charge in [-0.1, -0.05) is 31.9 Å². The van der Waals surface area contributed by atoms with Crippen LogP contribution < -0.4 is 0 Å². The molecule has 0 spiro atoms. The van der Waals surface area contributed by atoms with E-state index in [2.05, 4.69) is 41.1 Å². The summed E-state index contributed by atoms with van der Waals surface area (Å²) in [5, 5.41) is 1.09. The van der Waals surface area contributed by atoms with Crippen LogP contribution in [0, 0.1) is 0 Å². The standard InChI is InChI=1S/C4H9Br2P/c5-2-1-4(6)3-7/h4H,1-3,7H2. The number of hydrogen-bond acceptors (Lipinski definition) is 0. The smallest absolute Gasteiger partial charge is 0.0188 e. The predicted molar refractivity (Wildman–Crippen MR) is 45.7 cm³/mol. The zero-order valence-corrected chi connectivity index (χ0v) is 8.36. The van der Waals surface area contributed by atoms with Crippen molar-refractivity contribution in [3.05, 3.63) is 0 Å². The fourth-order valence-corrected chi connectivity index (χ4v) is 1.87. The van der Waals surface area contributed by atoms with Crippen LogP contribution >= 0.6 is 41.1 Å². The quantitative estimate of drug-likeness (QED) is 0.531. The Labute approximate surface area is 63.9 Å². The average molecular weight is 248 g/mol. The Hall–Kier alpha value is 1.39. The molecule has 2 atom stereocenters. The highest BCUT2D eigenvalue weighted by molar-refractivity contribution is 9.10. The van der Waals surface area contributed by atoms with Crippen molar-refractivity contribution in [3.8, 4) is 0 Å². The molecule has 0 saturated carbocycles. The molecule has 2 unspecified atom stereocenters. The molecule has 0 N–H and O–H groups in total. The number of alkyl halides is 2. The Bertz CT molecular complexity index is 40.7. The van der Waals surface area contributed by atoms with Crippen LogP contribution in [0.3, 0.4) is 0 Å². The van der Waals surface area contributed by atoms with E-state index in [1.54, 1.807) is 0 Å². The highest BCUT2D eigenvalue weighted by Gasteiger charge is 1.95. The maximum atomic E-state index is 3.49. The molecular weight excluding hydrogens is 239 g/mol. The SMILES string of the molecule is PCC(Br)CCBr. The van der Waals surface area contributed by atoms with E-state index in [1.165, 1.54) is 6.42 Å². The van der Waals surface area contributed by atoms with E-state index in [-0.39, 0.29) is 0 Å². The fraction of sp³-hybridized carbons (Fsp3) is 1.00. The summed E-state index contributed by atoms with van der Waals surface area (Å²) in [6.45, 7) is 0. The zero-order valence-electron chi connectivity index (χ0n) is 4.03. The maximum absolute atomic E-state index is 3.49. The molecule has 0 aliphatic carbocycles. The van der Waals surface area contributed by atoms with Crippen LogP contribution in [0.25, 0.3) is 0 Å². The lowest BCUT2D eigenvalue weighted by molar-refractivity contribution is 0.950. The van der Waals surface area contributed by atoms with Crippen molar-refractivity contribution in [2.45, 2.75) is 11.2 Å². The monoisotopic (exact) mass is 246 g/mol. The summed E-state index contributed by atoms with van der Waals surface area (Å²) in [4.78, 5) is 0.678. The Kier molecular flexibility index (Phi) is 6.62. The van der Waals surface area contributed by atoms with Crippen molar-refractivity contribution >= 4 is 41.1 Å². The average Bonchev–Trinajstić information content (AvgIpc) is 1.68. The maximum Gasteiger partial charge on any atom is 0.0188 e. The van der Waals surface area contributed by atoms with Crippen molar-refractivity contribution in [2.75, 3.05) is 11.5 Å². The van der Waals surface area contributed by atoms with E-state index < -0.39 is 0 Å². The number of rotatable bonds is 3. The molecule has 3 heteroatoms. The molecule has 0 nitrogen and oxygen atoms in total. The first-order valence-electron chi connectivity index (χ1n) is 2.21. The highest BCUT2D eigenvalue weighted by Crippen LogP contribution is 2.08. The van der Waals surface area contributed by atoms with Crippen LogP contribution in [-0.2, 0) is 0 Å². The van der Waals surface area contributed by atoms with E-state index in [1.807, 2.05) is 0 Å². The van der Waals surface area contributed by atoms with Gasteiger partial charge in [0.1, 0.15) is 0 Å². The largest absolute Gasteiger partial charge is 0.137 e. The first-order valence-corrected chi connectivity index (χ1v) is 5.06. The molecule has 0 amide bonds. The van der Waals surface area contributed by atoms with Gasteiger partial charge in [-0.25, -0.2) is 0 Å². The van der Waals surface area contributed by atoms with Gasteiger partial charge in [0.25, 0.3) is 0 Å². The third-order valence-electron chi connectivity index (χ3n) is 0.678. The van der Waals surface area contributed by atoms with E-state index in [4.69, 9.17) is 0 Å². The molecule has 0 aliphatic heterocycles. The molecule has 0 heterocycles. The molecule has 0 aromatic carbocycles. The predicted octanol–water partition coefficient (Wildman–Crippen LogP) is 2.41. The summed E-state index contributed by atoms with van der Waals surface area (Å²) in [6, 6.07) is 0. The van der Waals surface area contributed by atoms with Crippen LogP contribution in [0.5, 0.6) is 0 Å². The van der Waals surface area contributed by atoms with E-state index in [9.17, 15) is 0 Å².